The van der Waals surface area contributed by atoms with Crippen LogP contribution in [-0.2, 0) is 9.53 Å². The van der Waals surface area contributed by atoms with E-state index in [-0.39, 0.29) is 5.91 Å². The third kappa shape index (κ3) is 6.51. The molecule has 2 aromatic carbocycles. The highest BCUT2D eigenvalue weighted by Crippen LogP contribution is 2.38. The number of ether oxygens (including phenoxy) is 5. The maximum atomic E-state index is 13.5. The van der Waals surface area contributed by atoms with E-state index in [1.165, 1.54) is 11.3 Å². The molecule has 0 N–H and O–H groups in total. The van der Waals surface area contributed by atoms with Gasteiger partial charge in [-0.25, -0.2) is 4.98 Å². The van der Waals surface area contributed by atoms with E-state index >= 15 is 0 Å². The number of carbonyl (C=O) groups is 1. The quantitative estimate of drug-likeness (QED) is 0.345. The molecule has 0 radical (unpaired) electrons. The number of methoxy groups -OCH3 is 4. The maximum Gasteiger partial charge on any atom is 0.252 e. The molecule has 9 nitrogen and oxygen atoms in total. The third-order valence-corrected chi connectivity index (χ3v) is 7.19. The zero-order valence-corrected chi connectivity index (χ0v) is 22.5. The van der Waals surface area contributed by atoms with Gasteiger partial charge in [-0.3, -0.25) is 14.6 Å². The average molecular weight is 528 g/mol. The van der Waals surface area contributed by atoms with E-state index in [1.54, 1.807) is 57.6 Å². The lowest BCUT2D eigenvalue weighted by atomic mass is 10.1. The molecule has 1 aromatic heterocycles. The van der Waals surface area contributed by atoms with Gasteiger partial charge in [-0.15, -0.1) is 0 Å². The van der Waals surface area contributed by atoms with Crippen LogP contribution >= 0.6 is 11.3 Å². The number of aromatic nitrogens is 1. The van der Waals surface area contributed by atoms with Gasteiger partial charge in [0.25, 0.3) is 5.91 Å². The van der Waals surface area contributed by atoms with Crippen LogP contribution in [0.3, 0.4) is 0 Å². The van der Waals surface area contributed by atoms with Crippen molar-refractivity contribution in [1.29, 1.82) is 0 Å². The van der Waals surface area contributed by atoms with Gasteiger partial charge in [-0.05, 0) is 48.4 Å². The minimum absolute atomic E-state index is 0.151. The van der Waals surface area contributed by atoms with Crippen LogP contribution in [-0.4, -0.2) is 83.6 Å². The van der Waals surface area contributed by atoms with Crippen LogP contribution in [0, 0.1) is 0 Å². The smallest absolute Gasteiger partial charge is 0.252 e. The molecule has 0 spiro atoms. The first-order chi connectivity index (χ1) is 18.1. The Kier molecular flexibility index (Phi) is 9.21. The number of anilines is 1. The Hall–Kier alpha value is -3.34. The number of hydrogen-bond donors (Lipinski definition) is 0. The maximum absolute atomic E-state index is 13.5. The summed E-state index contributed by atoms with van der Waals surface area (Å²) < 4.78 is 28.0. The van der Waals surface area contributed by atoms with Crippen molar-refractivity contribution >= 4 is 38.7 Å². The van der Waals surface area contributed by atoms with Crippen molar-refractivity contribution in [3.63, 3.8) is 0 Å². The monoisotopic (exact) mass is 527 g/mol. The predicted molar refractivity (Wildman–Crippen MR) is 146 cm³/mol. The zero-order valence-electron chi connectivity index (χ0n) is 21.7. The molecule has 1 saturated heterocycles. The Balaban J connectivity index is 1.57. The van der Waals surface area contributed by atoms with E-state index in [1.807, 2.05) is 18.2 Å². The molecule has 0 unspecified atom stereocenters. The lowest BCUT2D eigenvalue weighted by Crippen LogP contribution is -2.39. The summed E-state index contributed by atoms with van der Waals surface area (Å²) in [6, 6.07) is 9.34. The fourth-order valence-corrected chi connectivity index (χ4v) is 5.19. The molecule has 4 rings (SSSR count). The number of fused-ring (bicyclic) bond motifs is 1. The van der Waals surface area contributed by atoms with Crippen molar-refractivity contribution in [2.45, 2.75) is 6.42 Å². The lowest BCUT2D eigenvalue weighted by Gasteiger charge is -2.27. The van der Waals surface area contributed by atoms with Crippen LogP contribution < -0.4 is 23.8 Å². The van der Waals surface area contributed by atoms with Gasteiger partial charge in [-0.2, -0.15) is 0 Å². The van der Waals surface area contributed by atoms with Gasteiger partial charge < -0.3 is 23.7 Å². The molecule has 198 valence electrons. The first-order valence-corrected chi connectivity index (χ1v) is 12.9. The lowest BCUT2D eigenvalue weighted by molar-refractivity contribution is -0.114. The highest BCUT2D eigenvalue weighted by molar-refractivity contribution is 7.22. The number of amides is 1. The molecule has 10 heteroatoms. The predicted octanol–water partition coefficient (Wildman–Crippen LogP) is 4.10. The Morgan fingerprint density at radius 1 is 1.05 bits per heavy atom. The summed E-state index contributed by atoms with van der Waals surface area (Å²) in [5.41, 5.74) is 1.59. The highest BCUT2D eigenvalue weighted by Gasteiger charge is 2.20. The summed E-state index contributed by atoms with van der Waals surface area (Å²) in [4.78, 5) is 22.3. The number of rotatable bonds is 11. The molecule has 1 amide bonds. The normalized spacial score (nSPS) is 14.2. The van der Waals surface area contributed by atoms with Crippen molar-refractivity contribution < 1.29 is 28.5 Å². The van der Waals surface area contributed by atoms with Gasteiger partial charge in [0.2, 0.25) is 5.75 Å². The number of benzene rings is 2. The highest BCUT2D eigenvalue weighted by atomic mass is 32.1. The van der Waals surface area contributed by atoms with Gasteiger partial charge in [0, 0.05) is 32.3 Å². The number of hydrogen-bond acceptors (Lipinski definition) is 9. The first-order valence-electron chi connectivity index (χ1n) is 12.1. The minimum Gasteiger partial charge on any atom is -0.497 e. The molecule has 37 heavy (non-hydrogen) atoms. The van der Waals surface area contributed by atoms with Crippen LogP contribution in [0.1, 0.15) is 12.0 Å². The number of thiazole rings is 1. The summed E-state index contributed by atoms with van der Waals surface area (Å²) >= 11 is 1.48. The van der Waals surface area contributed by atoms with Crippen LogP contribution in [0.2, 0.25) is 0 Å². The van der Waals surface area contributed by atoms with Crippen molar-refractivity contribution in [2.24, 2.45) is 0 Å². The molecule has 1 aliphatic heterocycles. The van der Waals surface area contributed by atoms with Crippen LogP contribution in [0.4, 0.5) is 5.13 Å². The number of nitrogens with zero attached hydrogens (tertiary/aromatic N) is 3. The largest absolute Gasteiger partial charge is 0.497 e. The number of carbonyl (C=O) groups excluding carboxylic acids is 1. The molecule has 3 aromatic rings. The van der Waals surface area contributed by atoms with E-state index in [4.69, 9.17) is 28.7 Å². The van der Waals surface area contributed by atoms with Crippen molar-refractivity contribution in [3.05, 3.63) is 42.0 Å². The van der Waals surface area contributed by atoms with Gasteiger partial charge in [0.05, 0.1) is 51.9 Å². The van der Waals surface area contributed by atoms with E-state index in [0.29, 0.717) is 28.9 Å². The first kappa shape index (κ1) is 26.7. The van der Waals surface area contributed by atoms with Gasteiger partial charge in [0.1, 0.15) is 5.75 Å². The summed E-state index contributed by atoms with van der Waals surface area (Å²) in [5.74, 6) is 2.16. The average Bonchev–Trinajstić information content (AvgIpc) is 3.36. The molecule has 2 heterocycles. The van der Waals surface area contributed by atoms with Gasteiger partial charge in [0.15, 0.2) is 16.6 Å². The van der Waals surface area contributed by atoms with Crippen molar-refractivity contribution in [1.82, 2.24) is 9.88 Å². The van der Waals surface area contributed by atoms with Crippen LogP contribution in [0.5, 0.6) is 23.0 Å². The Labute approximate surface area is 221 Å². The Bertz CT molecular complexity index is 1210. The van der Waals surface area contributed by atoms with E-state index in [9.17, 15) is 4.79 Å². The molecule has 0 aliphatic carbocycles. The fourth-order valence-electron chi connectivity index (χ4n) is 4.17. The van der Waals surface area contributed by atoms with Gasteiger partial charge >= 0.3 is 0 Å². The molecule has 1 aliphatic rings. The molecular weight excluding hydrogens is 494 g/mol. The van der Waals surface area contributed by atoms with E-state index in [0.717, 1.165) is 60.8 Å². The topological polar surface area (TPSA) is 82.6 Å². The minimum atomic E-state index is -0.151. The summed E-state index contributed by atoms with van der Waals surface area (Å²) in [6.07, 6.45) is 4.13. The van der Waals surface area contributed by atoms with Gasteiger partial charge in [-0.1, -0.05) is 11.3 Å². The zero-order chi connectivity index (χ0) is 26.2. The molecule has 0 bridgehead atoms. The number of morpholine rings is 1. The molecule has 1 fully saturated rings. The summed E-state index contributed by atoms with van der Waals surface area (Å²) in [7, 11) is 6.32. The Morgan fingerprint density at radius 3 is 2.43 bits per heavy atom. The molecular formula is C27H33N3O6S. The summed E-state index contributed by atoms with van der Waals surface area (Å²) in [6.45, 7) is 4.76. The summed E-state index contributed by atoms with van der Waals surface area (Å²) in [5, 5.41) is 0.657. The molecule has 0 atom stereocenters. The second-order valence-corrected chi connectivity index (χ2v) is 9.43. The SMILES string of the molecule is COc1ccc2nc(N(CCCN3CCOCC3)C(=O)/C=C/c3cc(OC)c(OC)c(OC)c3)sc2c1. The second kappa shape index (κ2) is 12.8. The standard InChI is InChI=1S/C27H33N3O6S/c1-32-20-7-8-21-24(18-20)37-27(28-21)30(11-5-10-29-12-14-36-15-13-29)25(31)9-6-19-16-22(33-2)26(35-4)23(17-19)34-3/h6-9,16-18H,5,10-15H2,1-4H3/b9-6+. The van der Waals surface area contributed by atoms with Crippen LogP contribution in [0.15, 0.2) is 36.4 Å². The van der Waals surface area contributed by atoms with Crippen molar-refractivity contribution in [3.8, 4) is 23.0 Å². The fraction of sp³-hybridized carbons (Fsp3) is 0.407. The van der Waals surface area contributed by atoms with Crippen LogP contribution in [0.25, 0.3) is 16.3 Å². The third-order valence-electron chi connectivity index (χ3n) is 6.15. The second-order valence-electron chi connectivity index (χ2n) is 8.42. The Morgan fingerprint density at radius 2 is 1.78 bits per heavy atom. The van der Waals surface area contributed by atoms with E-state index in [2.05, 4.69) is 4.90 Å². The van der Waals surface area contributed by atoms with Crippen molar-refractivity contribution in [2.75, 3.05) is 72.7 Å². The van der Waals surface area contributed by atoms with E-state index < -0.39 is 0 Å². The molecule has 0 saturated carbocycles.